The maximum absolute atomic E-state index is 12.1. The van der Waals surface area contributed by atoms with Crippen molar-refractivity contribution in [1.29, 1.82) is 0 Å². The molecule has 2 N–H and O–H groups in total. The topological polar surface area (TPSA) is 52.3 Å². The molecule has 0 radical (unpaired) electrons. The number of nitrogen functional groups attached to an aromatic ring is 1. The molecule has 0 fully saturated rings. The molecule has 0 aliphatic heterocycles. The molecule has 17 heavy (non-hydrogen) atoms. The van der Waals surface area contributed by atoms with Gasteiger partial charge < -0.3 is 10.5 Å². The molecule has 0 amide bonds. The van der Waals surface area contributed by atoms with Gasteiger partial charge in [-0.1, -0.05) is 12.1 Å². The Bertz CT molecular complexity index is 532. The standard InChI is InChI=1S/C14H13NO2/c1-17-13-7-5-10(6-8-13)14(16)11-3-2-4-12(15)9-11/h2-9H,15H2,1H3. The van der Waals surface area contributed by atoms with Crippen molar-refractivity contribution >= 4 is 11.5 Å². The van der Waals surface area contributed by atoms with Crippen LogP contribution in [0.2, 0.25) is 0 Å². The first-order chi connectivity index (χ1) is 8.20. The van der Waals surface area contributed by atoms with Crippen LogP contribution in [-0.4, -0.2) is 12.9 Å². The number of carbonyl (C=O) groups excluding carboxylic acids is 1. The number of ether oxygens (including phenoxy) is 1. The molecule has 0 spiro atoms. The Kier molecular flexibility index (Phi) is 3.10. The average Bonchev–Trinajstić information content (AvgIpc) is 2.38. The van der Waals surface area contributed by atoms with Crippen LogP contribution in [0.5, 0.6) is 5.75 Å². The Morgan fingerprint density at radius 3 is 2.35 bits per heavy atom. The summed E-state index contributed by atoms with van der Waals surface area (Å²) in [6.45, 7) is 0. The fraction of sp³-hybridized carbons (Fsp3) is 0.0714. The van der Waals surface area contributed by atoms with Gasteiger partial charge in [-0.3, -0.25) is 4.79 Å². The van der Waals surface area contributed by atoms with Gasteiger partial charge in [0, 0.05) is 16.8 Å². The molecule has 0 aromatic heterocycles. The van der Waals surface area contributed by atoms with Gasteiger partial charge in [-0.2, -0.15) is 0 Å². The molecule has 0 atom stereocenters. The van der Waals surface area contributed by atoms with Crippen LogP contribution in [0, 0.1) is 0 Å². The molecule has 0 bridgehead atoms. The van der Waals surface area contributed by atoms with E-state index in [1.807, 2.05) is 0 Å². The van der Waals surface area contributed by atoms with Gasteiger partial charge in [0.25, 0.3) is 0 Å². The lowest BCUT2D eigenvalue weighted by Gasteiger charge is -2.03. The number of hydrogen-bond acceptors (Lipinski definition) is 3. The highest BCUT2D eigenvalue weighted by Gasteiger charge is 2.08. The summed E-state index contributed by atoms with van der Waals surface area (Å²) in [5.74, 6) is 0.689. The molecule has 0 aliphatic rings. The average molecular weight is 227 g/mol. The van der Waals surface area contributed by atoms with Crippen molar-refractivity contribution in [3.8, 4) is 5.75 Å². The summed E-state index contributed by atoms with van der Waals surface area (Å²) in [5, 5.41) is 0. The number of methoxy groups -OCH3 is 1. The first kappa shape index (κ1) is 11.2. The second-order valence-corrected chi connectivity index (χ2v) is 3.68. The monoisotopic (exact) mass is 227 g/mol. The molecule has 2 aromatic rings. The summed E-state index contributed by atoms with van der Waals surface area (Å²) in [4.78, 5) is 12.1. The molecule has 0 heterocycles. The van der Waals surface area contributed by atoms with Crippen molar-refractivity contribution < 1.29 is 9.53 Å². The van der Waals surface area contributed by atoms with Crippen molar-refractivity contribution in [2.75, 3.05) is 12.8 Å². The van der Waals surface area contributed by atoms with E-state index < -0.39 is 0 Å². The molecule has 3 heteroatoms. The summed E-state index contributed by atoms with van der Waals surface area (Å²) < 4.78 is 5.04. The Labute approximate surface area is 99.8 Å². The minimum atomic E-state index is -0.0417. The lowest BCUT2D eigenvalue weighted by molar-refractivity contribution is 0.103. The first-order valence-electron chi connectivity index (χ1n) is 5.25. The summed E-state index contributed by atoms with van der Waals surface area (Å²) >= 11 is 0. The maximum Gasteiger partial charge on any atom is 0.193 e. The number of hydrogen-bond donors (Lipinski definition) is 1. The molecule has 86 valence electrons. The van der Waals surface area contributed by atoms with E-state index in [0.29, 0.717) is 16.8 Å². The molecule has 0 saturated carbocycles. The van der Waals surface area contributed by atoms with E-state index in [-0.39, 0.29) is 5.78 Å². The summed E-state index contributed by atoms with van der Waals surface area (Å²) in [6.07, 6.45) is 0. The van der Waals surface area contributed by atoms with Gasteiger partial charge in [0.2, 0.25) is 0 Å². The normalized spacial score (nSPS) is 9.94. The van der Waals surface area contributed by atoms with Crippen LogP contribution in [0.15, 0.2) is 48.5 Å². The molecule has 0 unspecified atom stereocenters. The van der Waals surface area contributed by atoms with E-state index in [1.165, 1.54) is 0 Å². The Balaban J connectivity index is 2.30. The van der Waals surface area contributed by atoms with Gasteiger partial charge in [-0.25, -0.2) is 0 Å². The summed E-state index contributed by atoms with van der Waals surface area (Å²) in [5.41, 5.74) is 7.45. The van der Waals surface area contributed by atoms with E-state index in [0.717, 1.165) is 5.75 Å². The Hall–Kier alpha value is -2.29. The van der Waals surface area contributed by atoms with E-state index in [4.69, 9.17) is 10.5 Å². The molecular formula is C14H13NO2. The van der Waals surface area contributed by atoms with Crippen LogP contribution in [0.1, 0.15) is 15.9 Å². The van der Waals surface area contributed by atoms with Gasteiger partial charge in [0.05, 0.1) is 7.11 Å². The van der Waals surface area contributed by atoms with Crippen LogP contribution >= 0.6 is 0 Å². The third-order valence-corrected chi connectivity index (χ3v) is 2.50. The fourth-order valence-electron chi connectivity index (χ4n) is 1.59. The minimum absolute atomic E-state index is 0.0417. The van der Waals surface area contributed by atoms with Crippen LogP contribution in [-0.2, 0) is 0 Å². The Morgan fingerprint density at radius 1 is 1.06 bits per heavy atom. The molecule has 2 aromatic carbocycles. The van der Waals surface area contributed by atoms with Crippen LogP contribution in [0.4, 0.5) is 5.69 Å². The highest BCUT2D eigenvalue weighted by Crippen LogP contribution is 2.16. The lowest BCUT2D eigenvalue weighted by atomic mass is 10.0. The van der Waals surface area contributed by atoms with E-state index in [9.17, 15) is 4.79 Å². The van der Waals surface area contributed by atoms with Gasteiger partial charge in [-0.05, 0) is 36.4 Å². The zero-order valence-corrected chi connectivity index (χ0v) is 9.51. The highest BCUT2D eigenvalue weighted by molar-refractivity contribution is 6.09. The van der Waals surface area contributed by atoms with Crippen molar-refractivity contribution in [1.82, 2.24) is 0 Å². The maximum atomic E-state index is 12.1. The van der Waals surface area contributed by atoms with Crippen LogP contribution in [0.3, 0.4) is 0 Å². The van der Waals surface area contributed by atoms with Crippen LogP contribution < -0.4 is 10.5 Å². The van der Waals surface area contributed by atoms with Crippen molar-refractivity contribution in [2.45, 2.75) is 0 Å². The molecular weight excluding hydrogens is 214 g/mol. The quantitative estimate of drug-likeness (QED) is 0.647. The number of benzene rings is 2. The fourth-order valence-corrected chi connectivity index (χ4v) is 1.59. The number of anilines is 1. The zero-order chi connectivity index (χ0) is 12.3. The van der Waals surface area contributed by atoms with Gasteiger partial charge in [-0.15, -0.1) is 0 Å². The van der Waals surface area contributed by atoms with Gasteiger partial charge >= 0.3 is 0 Å². The van der Waals surface area contributed by atoms with E-state index in [1.54, 1.807) is 55.6 Å². The molecule has 2 rings (SSSR count). The second-order valence-electron chi connectivity index (χ2n) is 3.68. The Morgan fingerprint density at radius 2 is 1.76 bits per heavy atom. The lowest BCUT2D eigenvalue weighted by Crippen LogP contribution is -2.01. The largest absolute Gasteiger partial charge is 0.497 e. The third kappa shape index (κ3) is 2.45. The number of carbonyl (C=O) groups is 1. The van der Waals surface area contributed by atoms with Crippen molar-refractivity contribution in [2.24, 2.45) is 0 Å². The minimum Gasteiger partial charge on any atom is -0.497 e. The SMILES string of the molecule is COc1ccc(C(=O)c2cccc(N)c2)cc1. The molecule has 0 saturated heterocycles. The number of rotatable bonds is 3. The van der Waals surface area contributed by atoms with E-state index >= 15 is 0 Å². The number of nitrogens with two attached hydrogens (primary N) is 1. The second kappa shape index (κ2) is 4.70. The molecule has 0 aliphatic carbocycles. The molecule has 3 nitrogen and oxygen atoms in total. The third-order valence-electron chi connectivity index (χ3n) is 2.50. The van der Waals surface area contributed by atoms with Gasteiger partial charge in [0.1, 0.15) is 5.75 Å². The summed E-state index contributed by atoms with van der Waals surface area (Å²) in [7, 11) is 1.59. The van der Waals surface area contributed by atoms with Crippen molar-refractivity contribution in [3.63, 3.8) is 0 Å². The first-order valence-corrected chi connectivity index (χ1v) is 5.25. The predicted octanol–water partition coefficient (Wildman–Crippen LogP) is 2.51. The number of ketones is 1. The van der Waals surface area contributed by atoms with Crippen LogP contribution in [0.25, 0.3) is 0 Å². The zero-order valence-electron chi connectivity index (χ0n) is 9.51. The van der Waals surface area contributed by atoms with Crippen molar-refractivity contribution in [3.05, 3.63) is 59.7 Å². The smallest absolute Gasteiger partial charge is 0.193 e. The van der Waals surface area contributed by atoms with Gasteiger partial charge in [0.15, 0.2) is 5.78 Å². The highest BCUT2D eigenvalue weighted by atomic mass is 16.5. The summed E-state index contributed by atoms with van der Waals surface area (Å²) in [6, 6.07) is 14.0. The van der Waals surface area contributed by atoms with E-state index in [2.05, 4.69) is 0 Å². The predicted molar refractivity (Wildman–Crippen MR) is 67.3 cm³/mol.